The van der Waals surface area contributed by atoms with E-state index in [0.29, 0.717) is 6.54 Å². The zero-order valence-electron chi connectivity index (χ0n) is 8.45. The van der Waals surface area contributed by atoms with E-state index in [2.05, 4.69) is 16.3 Å². The highest BCUT2D eigenvalue weighted by molar-refractivity contribution is 5.16. The summed E-state index contributed by atoms with van der Waals surface area (Å²) in [4.78, 5) is 0. The van der Waals surface area contributed by atoms with Crippen LogP contribution < -0.4 is 5.32 Å². The third kappa shape index (κ3) is 2.15. The Bertz CT molecular complexity index is 355. The number of terminal acetylenes is 1. The molecular weight excluding hydrogens is 174 g/mol. The lowest BCUT2D eigenvalue weighted by Gasteiger charge is -1.99. The topological polar surface area (TPSA) is 29.9 Å². The van der Waals surface area contributed by atoms with Crippen molar-refractivity contribution in [2.45, 2.75) is 38.9 Å². The molecule has 0 bridgehead atoms. The van der Waals surface area contributed by atoms with E-state index in [4.69, 9.17) is 6.42 Å². The predicted molar refractivity (Wildman–Crippen MR) is 55.7 cm³/mol. The number of nitrogens with zero attached hydrogens (tertiary/aromatic N) is 2. The lowest BCUT2D eigenvalue weighted by molar-refractivity contribution is 0.683. The Balaban J connectivity index is 1.97. The van der Waals surface area contributed by atoms with Crippen molar-refractivity contribution >= 4 is 0 Å². The first-order chi connectivity index (χ1) is 6.79. The van der Waals surface area contributed by atoms with Crippen molar-refractivity contribution in [3.63, 3.8) is 0 Å². The molecule has 0 amide bonds. The standard InChI is InChI=1S/C11H15N3/c1-3-6-14-8-10(9(2)13-14)7-12-11-4-5-11/h1,8,11-12H,4-7H2,2H3. The number of nitrogens with one attached hydrogen (secondary N) is 1. The van der Waals surface area contributed by atoms with E-state index in [1.165, 1.54) is 18.4 Å². The molecule has 2 rings (SSSR count). The van der Waals surface area contributed by atoms with Crippen molar-refractivity contribution in [1.29, 1.82) is 0 Å². The van der Waals surface area contributed by atoms with Crippen molar-refractivity contribution in [2.75, 3.05) is 0 Å². The Kier molecular flexibility index (Phi) is 2.55. The van der Waals surface area contributed by atoms with Crippen LogP contribution in [0.2, 0.25) is 0 Å². The summed E-state index contributed by atoms with van der Waals surface area (Å²) >= 11 is 0. The molecule has 0 spiro atoms. The summed E-state index contributed by atoms with van der Waals surface area (Å²) in [6.45, 7) is 3.50. The maximum Gasteiger partial charge on any atom is 0.101 e. The summed E-state index contributed by atoms with van der Waals surface area (Å²) in [6.07, 6.45) is 9.89. The third-order valence-corrected chi connectivity index (χ3v) is 2.46. The van der Waals surface area contributed by atoms with Gasteiger partial charge in [0.2, 0.25) is 0 Å². The quantitative estimate of drug-likeness (QED) is 0.718. The molecule has 1 aliphatic rings. The molecule has 1 fully saturated rings. The van der Waals surface area contributed by atoms with E-state index >= 15 is 0 Å². The molecule has 3 heteroatoms. The lowest BCUT2D eigenvalue weighted by Crippen LogP contribution is -2.15. The van der Waals surface area contributed by atoms with Crippen LogP contribution in [0.5, 0.6) is 0 Å². The fraction of sp³-hybridized carbons (Fsp3) is 0.545. The van der Waals surface area contributed by atoms with E-state index in [0.717, 1.165) is 18.3 Å². The van der Waals surface area contributed by atoms with Gasteiger partial charge in [0.15, 0.2) is 0 Å². The second-order valence-corrected chi connectivity index (χ2v) is 3.80. The molecule has 1 N–H and O–H groups in total. The molecule has 0 unspecified atom stereocenters. The van der Waals surface area contributed by atoms with Crippen LogP contribution in [-0.4, -0.2) is 15.8 Å². The Labute approximate surface area is 84.5 Å². The van der Waals surface area contributed by atoms with Crippen LogP contribution in [0.3, 0.4) is 0 Å². The number of hydrogen-bond donors (Lipinski definition) is 1. The van der Waals surface area contributed by atoms with Crippen LogP contribution in [0, 0.1) is 19.3 Å². The molecule has 3 nitrogen and oxygen atoms in total. The minimum atomic E-state index is 0.560. The maximum atomic E-state index is 5.23. The Morgan fingerprint density at radius 3 is 3.14 bits per heavy atom. The molecule has 0 aromatic carbocycles. The van der Waals surface area contributed by atoms with Crippen molar-refractivity contribution in [2.24, 2.45) is 0 Å². The van der Waals surface area contributed by atoms with E-state index < -0.39 is 0 Å². The largest absolute Gasteiger partial charge is 0.310 e. The average molecular weight is 189 g/mol. The van der Waals surface area contributed by atoms with Crippen molar-refractivity contribution in [1.82, 2.24) is 15.1 Å². The van der Waals surface area contributed by atoms with Gasteiger partial charge in [0.25, 0.3) is 0 Å². The van der Waals surface area contributed by atoms with Gasteiger partial charge in [-0.3, -0.25) is 4.68 Å². The van der Waals surface area contributed by atoms with Crippen LogP contribution >= 0.6 is 0 Å². The number of hydrogen-bond acceptors (Lipinski definition) is 2. The molecule has 14 heavy (non-hydrogen) atoms. The second-order valence-electron chi connectivity index (χ2n) is 3.80. The monoisotopic (exact) mass is 189 g/mol. The van der Waals surface area contributed by atoms with E-state index in [1.807, 2.05) is 17.8 Å². The first-order valence-electron chi connectivity index (χ1n) is 4.99. The molecule has 0 atom stereocenters. The molecule has 1 aromatic rings. The number of aromatic nitrogens is 2. The van der Waals surface area contributed by atoms with Crippen LogP contribution in [0.1, 0.15) is 24.1 Å². The maximum absolute atomic E-state index is 5.23. The Hall–Kier alpha value is -1.27. The zero-order valence-corrected chi connectivity index (χ0v) is 8.45. The summed E-state index contributed by atoms with van der Waals surface area (Å²) in [5, 5.41) is 7.80. The van der Waals surface area contributed by atoms with E-state index in [1.54, 1.807) is 0 Å². The lowest BCUT2D eigenvalue weighted by atomic mass is 10.2. The van der Waals surface area contributed by atoms with Crippen molar-refractivity contribution in [3.8, 4) is 12.3 Å². The molecule has 0 radical (unpaired) electrons. The van der Waals surface area contributed by atoms with Crippen molar-refractivity contribution < 1.29 is 0 Å². The van der Waals surface area contributed by atoms with Gasteiger partial charge in [-0.05, 0) is 19.8 Å². The molecular formula is C11H15N3. The van der Waals surface area contributed by atoms with Gasteiger partial charge in [-0.1, -0.05) is 5.92 Å². The van der Waals surface area contributed by atoms with Crippen LogP contribution in [0.15, 0.2) is 6.20 Å². The van der Waals surface area contributed by atoms with Gasteiger partial charge in [0, 0.05) is 24.3 Å². The number of aryl methyl sites for hydroxylation is 1. The molecule has 1 heterocycles. The van der Waals surface area contributed by atoms with Gasteiger partial charge < -0.3 is 5.32 Å². The SMILES string of the molecule is C#CCn1cc(CNC2CC2)c(C)n1. The van der Waals surface area contributed by atoms with Gasteiger partial charge in [-0.2, -0.15) is 5.10 Å². The first kappa shape index (κ1) is 9.29. The summed E-state index contributed by atoms with van der Waals surface area (Å²) in [5.41, 5.74) is 2.33. The summed E-state index contributed by atoms with van der Waals surface area (Å²) in [6, 6.07) is 0.741. The van der Waals surface area contributed by atoms with Crippen LogP contribution in [0.25, 0.3) is 0 Å². The third-order valence-electron chi connectivity index (χ3n) is 2.46. The minimum Gasteiger partial charge on any atom is -0.310 e. The Morgan fingerprint density at radius 2 is 2.50 bits per heavy atom. The zero-order chi connectivity index (χ0) is 9.97. The Morgan fingerprint density at radius 1 is 1.71 bits per heavy atom. The summed E-state index contributed by atoms with van der Waals surface area (Å²) < 4.78 is 1.82. The second kappa shape index (κ2) is 3.85. The highest BCUT2D eigenvalue weighted by Crippen LogP contribution is 2.19. The highest BCUT2D eigenvalue weighted by Gasteiger charge is 2.20. The average Bonchev–Trinajstić information content (AvgIpc) is 2.90. The molecule has 1 aromatic heterocycles. The van der Waals surface area contributed by atoms with Gasteiger partial charge in [-0.25, -0.2) is 0 Å². The summed E-state index contributed by atoms with van der Waals surface area (Å²) in [5.74, 6) is 2.58. The fourth-order valence-corrected chi connectivity index (χ4v) is 1.45. The van der Waals surface area contributed by atoms with Gasteiger partial charge in [0.05, 0.1) is 5.69 Å². The summed E-state index contributed by atoms with van der Waals surface area (Å²) in [7, 11) is 0. The minimum absolute atomic E-state index is 0.560. The highest BCUT2D eigenvalue weighted by atomic mass is 15.3. The predicted octanol–water partition coefficient (Wildman–Crippen LogP) is 1.08. The first-order valence-corrected chi connectivity index (χ1v) is 4.99. The molecule has 0 saturated heterocycles. The van der Waals surface area contributed by atoms with Crippen LogP contribution in [0.4, 0.5) is 0 Å². The normalized spacial score (nSPS) is 15.4. The van der Waals surface area contributed by atoms with Crippen molar-refractivity contribution in [3.05, 3.63) is 17.5 Å². The van der Waals surface area contributed by atoms with Crippen LogP contribution in [-0.2, 0) is 13.1 Å². The molecule has 0 aliphatic heterocycles. The molecule has 74 valence electrons. The van der Waals surface area contributed by atoms with Gasteiger partial charge in [0.1, 0.15) is 6.54 Å². The van der Waals surface area contributed by atoms with E-state index in [9.17, 15) is 0 Å². The van der Waals surface area contributed by atoms with E-state index in [-0.39, 0.29) is 0 Å². The fourth-order valence-electron chi connectivity index (χ4n) is 1.45. The molecule has 1 saturated carbocycles. The number of rotatable bonds is 4. The van der Waals surface area contributed by atoms with Gasteiger partial charge in [-0.15, -0.1) is 6.42 Å². The smallest absolute Gasteiger partial charge is 0.101 e. The van der Waals surface area contributed by atoms with Gasteiger partial charge >= 0.3 is 0 Å². The molecule has 1 aliphatic carbocycles.